The fourth-order valence-corrected chi connectivity index (χ4v) is 4.21. The zero-order valence-corrected chi connectivity index (χ0v) is 17.9. The molecule has 0 bridgehead atoms. The lowest BCUT2D eigenvalue weighted by molar-refractivity contribution is 0.208. The number of hydrogen-bond acceptors (Lipinski definition) is 3. The van der Waals surface area contributed by atoms with Crippen molar-refractivity contribution < 1.29 is 13.6 Å². The van der Waals surface area contributed by atoms with Gasteiger partial charge in [0.05, 0.1) is 22.2 Å². The van der Waals surface area contributed by atoms with Gasteiger partial charge >= 0.3 is 6.03 Å². The van der Waals surface area contributed by atoms with Crippen LogP contribution in [0, 0.1) is 11.6 Å². The van der Waals surface area contributed by atoms with Gasteiger partial charge in [0.2, 0.25) is 0 Å². The molecule has 0 aliphatic carbocycles. The SMILES string of the molecule is O=C(Nc1ccc(Br)cc1F)N1CCN(c2nc3cc(F)ccc3n3cccc23)CC1. The number of hydrogen-bond donors (Lipinski definition) is 1. The van der Waals surface area contributed by atoms with Crippen LogP contribution in [0.4, 0.5) is 25.1 Å². The molecule has 2 amide bonds. The lowest BCUT2D eigenvalue weighted by Crippen LogP contribution is -2.50. The molecule has 1 fully saturated rings. The largest absolute Gasteiger partial charge is 0.351 e. The minimum absolute atomic E-state index is 0.142. The Kier molecular flexibility index (Phi) is 4.97. The number of carbonyl (C=O) groups is 1. The first-order chi connectivity index (χ1) is 15.0. The Morgan fingerprint density at radius 3 is 2.58 bits per heavy atom. The molecule has 0 radical (unpaired) electrons. The monoisotopic (exact) mass is 485 g/mol. The molecule has 0 unspecified atom stereocenters. The van der Waals surface area contributed by atoms with Gasteiger partial charge in [0.15, 0.2) is 5.82 Å². The van der Waals surface area contributed by atoms with Crippen LogP contribution in [0.1, 0.15) is 0 Å². The van der Waals surface area contributed by atoms with Crippen LogP contribution in [-0.4, -0.2) is 46.5 Å². The molecular weight excluding hydrogens is 468 g/mol. The molecule has 0 spiro atoms. The zero-order valence-electron chi connectivity index (χ0n) is 16.4. The molecule has 9 heteroatoms. The summed E-state index contributed by atoms with van der Waals surface area (Å²) in [5, 5.41) is 2.63. The number of benzene rings is 2. The molecule has 6 nitrogen and oxygen atoms in total. The van der Waals surface area contributed by atoms with Crippen LogP contribution in [0.25, 0.3) is 16.6 Å². The van der Waals surface area contributed by atoms with Gasteiger partial charge in [0.25, 0.3) is 0 Å². The van der Waals surface area contributed by atoms with Crippen LogP contribution in [0.15, 0.2) is 59.2 Å². The fraction of sp³-hybridized carbons (Fsp3) is 0.182. The molecule has 5 rings (SSSR count). The maximum Gasteiger partial charge on any atom is 0.322 e. The van der Waals surface area contributed by atoms with Crippen molar-refractivity contribution in [3.05, 3.63) is 70.8 Å². The average Bonchev–Trinajstić information content (AvgIpc) is 3.25. The minimum Gasteiger partial charge on any atom is -0.351 e. The Bertz CT molecular complexity index is 1300. The smallest absolute Gasteiger partial charge is 0.322 e. The quantitative estimate of drug-likeness (QED) is 0.440. The molecule has 1 aliphatic rings. The summed E-state index contributed by atoms with van der Waals surface area (Å²) in [5.74, 6) is -0.0779. The van der Waals surface area contributed by atoms with E-state index in [0.29, 0.717) is 36.2 Å². The van der Waals surface area contributed by atoms with Crippen molar-refractivity contribution >= 4 is 50.0 Å². The zero-order chi connectivity index (χ0) is 21.5. The maximum atomic E-state index is 14.0. The predicted molar refractivity (Wildman–Crippen MR) is 120 cm³/mol. The summed E-state index contributed by atoms with van der Waals surface area (Å²) in [5.41, 5.74) is 2.47. The van der Waals surface area contributed by atoms with E-state index >= 15 is 0 Å². The van der Waals surface area contributed by atoms with Gasteiger partial charge in [0.1, 0.15) is 11.6 Å². The van der Waals surface area contributed by atoms with Gasteiger partial charge < -0.3 is 19.5 Å². The highest BCUT2D eigenvalue weighted by atomic mass is 79.9. The van der Waals surface area contributed by atoms with E-state index in [4.69, 9.17) is 4.98 Å². The number of anilines is 2. The Morgan fingerprint density at radius 2 is 1.81 bits per heavy atom. The third-order valence-corrected chi connectivity index (χ3v) is 5.93. The van der Waals surface area contributed by atoms with Gasteiger partial charge in [-0.05, 0) is 42.5 Å². The topological polar surface area (TPSA) is 52.9 Å². The van der Waals surface area contributed by atoms with E-state index in [9.17, 15) is 13.6 Å². The van der Waals surface area contributed by atoms with E-state index < -0.39 is 5.82 Å². The third kappa shape index (κ3) is 3.69. The van der Waals surface area contributed by atoms with E-state index in [0.717, 1.165) is 16.9 Å². The van der Waals surface area contributed by atoms with E-state index in [1.54, 1.807) is 17.0 Å². The molecule has 1 N–H and O–H groups in total. The molecule has 2 aromatic carbocycles. The molecule has 2 aromatic heterocycles. The van der Waals surface area contributed by atoms with Gasteiger partial charge in [0, 0.05) is 42.9 Å². The number of halogens is 3. The third-order valence-electron chi connectivity index (χ3n) is 5.44. The molecule has 0 atom stereocenters. The number of nitrogens with zero attached hydrogens (tertiary/aromatic N) is 4. The first-order valence-electron chi connectivity index (χ1n) is 9.82. The molecule has 1 saturated heterocycles. The highest BCUT2D eigenvalue weighted by Crippen LogP contribution is 2.27. The van der Waals surface area contributed by atoms with Gasteiger partial charge in [-0.1, -0.05) is 15.9 Å². The number of nitrogens with one attached hydrogen (secondary N) is 1. The van der Waals surface area contributed by atoms with Crippen molar-refractivity contribution in [2.24, 2.45) is 0 Å². The van der Waals surface area contributed by atoms with E-state index in [2.05, 4.69) is 26.1 Å². The second kappa shape index (κ2) is 7.81. The van der Waals surface area contributed by atoms with Crippen LogP contribution in [0.5, 0.6) is 0 Å². The van der Waals surface area contributed by atoms with Crippen LogP contribution in [0.2, 0.25) is 0 Å². The van der Waals surface area contributed by atoms with Crippen LogP contribution < -0.4 is 10.2 Å². The molecular formula is C22H18BrF2N5O. The second-order valence-corrected chi connectivity index (χ2v) is 8.28. The maximum absolute atomic E-state index is 14.0. The molecule has 31 heavy (non-hydrogen) atoms. The fourth-order valence-electron chi connectivity index (χ4n) is 3.87. The molecule has 3 heterocycles. The number of carbonyl (C=O) groups excluding carboxylic acids is 1. The van der Waals surface area contributed by atoms with Crippen LogP contribution in [-0.2, 0) is 0 Å². The van der Waals surface area contributed by atoms with Crippen LogP contribution >= 0.6 is 15.9 Å². The number of piperazine rings is 1. The van der Waals surface area contributed by atoms with Gasteiger partial charge in [-0.25, -0.2) is 18.6 Å². The Hall–Kier alpha value is -3.20. The van der Waals surface area contributed by atoms with Crippen molar-refractivity contribution in [2.45, 2.75) is 0 Å². The summed E-state index contributed by atoms with van der Waals surface area (Å²) in [6, 6.07) is 12.6. The summed E-state index contributed by atoms with van der Waals surface area (Å²) >= 11 is 3.20. The van der Waals surface area contributed by atoms with Crippen molar-refractivity contribution in [3.63, 3.8) is 0 Å². The Labute approximate surface area is 185 Å². The van der Waals surface area contributed by atoms with Gasteiger partial charge in [-0.3, -0.25) is 0 Å². The number of amides is 2. The summed E-state index contributed by atoms with van der Waals surface area (Å²) in [6.07, 6.45) is 1.93. The number of fused-ring (bicyclic) bond motifs is 3. The predicted octanol–water partition coefficient (Wildman–Crippen LogP) is 4.88. The van der Waals surface area contributed by atoms with Gasteiger partial charge in [-0.2, -0.15) is 0 Å². The van der Waals surface area contributed by atoms with E-state index in [1.165, 1.54) is 24.3 Å². The number of aromatic nitrogens is 2. The Balaban J connectivity index is 1.35. The van der Waals surface area contributed by atoms with Crippen molar-refractivity contribution in [3.8, 4) is 0 Å². The first kappa shape index (κ1) is 19.7. The number of urea groups is 1. The molecule has 4 aromatic rings. The molecule has 158 valence electrons. The average molecular weight is 486 g/mol. The second-order valence-electron chi connectivity index (χ2n) is 7.36. The lowest BCUT2D eigenvalue weighted by Gasteiger charge is -2.35. The van der Waals surface area contributed by atoms with Crippen LogP contribution in [0.3, 0.4) is 0 Å². The standard InChI is InChI=1S/C22H18BrF2N5O/c23-14-3-5-17(16(25)12-14)27-22(31)29-10-8-28(9-11-29)21-20-2-1-7-30(20)19-6-4-15(24)13-18(19)26-21/h1-7,12-13H,8-11H2,(H,27,31). The number of rotatable bonds is 2. The van der Waals surface area contributed by atoms with E-state index in [1.807, 2.05) is 22.7 Å². The summed E-state index contributed by atoms with van der Waals surface area (Å²) in [4.78, 5) is 21.0. The lowest BCUT2D eigenvalue weighted by atomic mass is 10.2. The summed E-state index contributed by atoms with van der Waals surface area (Å²) in [7, 11) is 0. The normalized spacial score (nSPS) is 14.4. The minimum atomic E-state index is -0.496. The molecule has 1 aliphatic heterocycles. The van der Waals surface area contributed by atoms with E-state index in [-0.39, 0.29) is 17.5 Å². The highest BCUT2D eigenvalue weighted by Gasteiger charge is 2.24. The van der Waals surface area contributed by atoms with Crippen molar-refractivity contribution in [1.82, 2.24) is 14.3 Å². The van der Waals surface area contributed by atoms with Crippen molar-refractivity contribution in [2.75, 3.05) is 36.4 Å². The van der Waals surface area contributed by atoms with Gasteiger partial charge in [-0.15, -0.1) is 0 Å². The summed E-state index contributed by atoms with van der Waals surface area (Å²) < 4.78 is 30.4. The first-order valence-corrected chi connectivity index (χ1v) is 10.6. The van der Waals surface area contributed by atoms with Crippen molar-refractivity contribution in [1.29, 1.82) is 0 Å². The Morgan fingerprint density at radius 1 is 1.00 bits per heavy atom. The summed E-state index contributed by atoms with van der Waals surface area (Å²) in [6.45, 7) is 2.04. The highest BCUT2D eigenvalue weighted by molar-refractivity contribution is 9.10. The molecule has 0 saturated carbocycles.